The molecule has 2 heterocycles. The number of amides is 1. The average Bonchev–Trinajstić information content (AvgIpc) is 3.17. The molecule has 144 valence electrons. The molecule has 0 atom stereocenters. The molecule has 1 aliphatic heterocycles. The van der Waals surface area contributed by atoms with Crippen LogP contribution in [0.15, 0.2) is 29.4 Å². The van der Waals surface area contributed by atoms with Gasteiger partial charge in [0.2, 0.25) is 11.9 Å². The van der Waals surface area contributed by atoms with Crippen molar-refractivity contribution in [3.8, 4) is 0 Å². The number of thioether (sulfide) groups is 1. The molecule has 1 aliphatic carbocycles. The Kier molecular flexibility index (Phi) is 5.33. The number of carbonyl (C=O) groups is 1. The van der Waals surface area contributed by atoms with Crippen LogP contribution >= 0.6 is 11.8 Å². The van der Waals surface area contributed by atoms with Crippen molar-refractivity contribution in [2.24, 2.45) is 0 Å². The van der Waals surface area contributed by atoms with Gasteiger partial charge in [0.15, 0.2) is 5.16 Å². The highest BCUT2D eigenvalue weighted by molar-refractivity contribution is 7.99. The Labute approximate surface area is 162 Å². The molecule has 0 unspecified atom stereocenters. The molecule has 1 aromatic carbocycles. The second-order valence-electron chi connectivity index (χ2n) is 7.25. The van der Waals surface area contributed by atoms with Crippen LogP contribution in [0.3, 0.4) is 0 Å². The predicted molar refractivity (Wildman–Crippen MR) is 103 cm³/mol. The van der Waals surface area contributed by atoms with Gasteiger partial charge in [-0.3, -0.25) is 9.36 Å². The molecular formula is C19H24FN5OS. The summed E-state index contributed by atoms with van der Waals surface area (Å²) in [6, 6.07) is 6.83. The van der Waals surface area contributed by atoms with Crippen LogP contribution in [0.5, 0.6) is 0 Å². The summed E-state index contributed by atoms with van der Waals surface area (Å²) in [5, 5.41) is 9.60. The molecule has 4 rings (SSSR count). The largest absolute Gasteiger partial charge is 0.341 e. The minimum Gasteiger partial charge on any atom is -0.341 e. The van der Waals surface area contributed by atoms with E-state index in [4.69, 9.17) is 0 Å². The molecular weight excluding hydrogens is 365 g/mol. The Bertz CT molecular complexity index is 816. The average molecular weight is 390 g/mol. The third kappa shape index (κ3) is 4.26. The van der Waals surface area contributed by atoms with Gasteiger partial charge in [-0.05, 0) is 43.4 Å². The van der Waals surface area contributed by atoms with E-state index in [2.05, 4.69) is 19.7 Å². The summed E-state index contributed by atoms with van der Waals surface area (Å²) in [4.78, 5) is 16.4. The lowest BCUT2D eigenvalue weighted by Gasteiger charge is -2.19. The summed E-state index contributed by atoms with van der Waals surface area (Å²) in [7, 11) is 1.75. The maximum atomic E-state index is 13.3. The van der Waals surface area contributed by atoms with E-state index < -0.39 is 0 Å². The van der Waals surface area contributed by atoms with Gasteiger partial charge < -0.3 is 9.80 Å². The molecule has 0 bridgehead atoms. The van der Waals surface area contributed by atoms with Crippen LogP contribution in [0.2, 0.25) is 0 Å². The fourth-order valence-electron chi connectivity index (χ4n) is 3.39. The van der Waals surface area contributed by atoms with Gasteiger partial charge in [0, 0.05) is 32.7 Å². The molecule has 0 radical (unpaired) electrons. The molecule has 27 heavy (non-hydrogen) atoms. The maximum absolute atomic E-state index is 13.3. The molecule has 2 fully saturated rings. The lowest BCUT2D eigenvalue weighted by molar-refractivity contribution is -0.127. The minimum absolute atomic E-state index is 0.00247. The van der Waals surface area contributed by atoms with Crippen LogP contribution < -0.4 is 4.90 Å². The van der Waals surface area contributed by atoms with Crippen LogP contribution in [0.25, 0.3) is 0 Å². The Morgan fingerprint density at radius 1 is 1.30 bits per heavy atom. The zero-order valence-corrected chi connectivity index (χ0v) is 16.3. The number of nitrogens with zero attached hydrogens (tertiary/aromatic N) is 5. The first kappa shape index (κ1) is 18.3. The fraction of sp³-hybridized carbons (Fsp3) is 0.526. The Hall–Kier alpha value is -2.09. The number of hydrogen-bond acceptors (Lipinski definition) is 5. The topological polar surface area (TPSA) is 54.3 Å². The second kappa shape index (κ2) is 7.88. The van der Waals surface area contributed by atoms with Crippen molar-refractivity contribution in [3.63, 3.8) is 0 Å². The van der Waals surface area contributed by atoms with Gasteiger partial charge in [0.05, 0.1) is 5.75 Å². The molecule has 1 aromatic heterocycles. The minimum atomic E-state index is -0.283. The maximum Gasteiger partial charge on any atom is 0.233 e. The highest BCUT2D eigenvalue weighted by Gasteiger charge is 2.32. The summed E-state index contributed by atoms with van der Waals surface area (Å²) >= 11 is 1.44. The molecule has 8 heteroatoms. The van der Waals surface area contributed by atoms with Crippen LogP contribution in [-0.4, -0.2) is 51.5 Å². The van der Waals surface area contributed by atoms with E-state index in [-0.39, 0.29) is 11.7 Å². The molecule has 6 nitrogen and oxygen atoms in total. The quantitative estimate of drug-likeness (QED) is 0.681. The molecule has 2 aliphatic rings. The van der Waals surface area contributed by atoms with Crippen molar-refractivity contribution in [2.45, 2.75) is 43.4 Å². The zero-order valence-electron chi connectivity index (χ0n) is 15.5. The van der Waals surface area contributed by atoms with Crippen LogP contribution in [0, 0.1) is 5.82 Å². The Morgan fingerprint density at radius 2 is 2.07 bits per heavy atom. The van der Waals surface area contributed by atoms with E-state index in [1.165, 1.54) is 36.7 Å². The van der Waals surface area contributed by atoms with Crippen molar-refractivity contribution in [3.05, 3.63) is 35.6 Å². The zero-order chi connectivity index (χ0) is 18.8. The van der Waals surface area contributed by atoms with E-state index in [0.29, 0.717) is 18.3 Å². The first-order valence-electron chi connectivity index (χ1n) is 9.43. The van der Waals surface area contributed by atoms with Crippen molar-refractivity contribution in [2.75, 3.05) is 30.8 Å². The number of carbonyl (C=O) groups excluding carboxylic acids is 1. The smallest absolute Gasteiger partial charge is 0.233 e. The highest BCUT2D eigenvalue weighted by atomic mass is 32.2. The van der Waals surface area contributed by atoms with Crippen molar-refractivity contribution in [1.29, 1.82) is 0 Å². The molecule has 0 N–H and O–H groups in total. The summed E-state index contributed by atoms with van der Waals surface area (Å²) < 4.78 is 15.5. The number of hydrogen-bond donors (Lipinski definition) is 0. The first-order valence-corrected chi connectivity index (χ1v) is 10.4. The number of aromatic nitrogens is 3. The summed E-state index contributed by atoms with van der Waals surface area (Å²) in [5.41, 5.74) is 0.785. The van der Waals surface area contributed by atoms with Gasteiger partial charge in [-0.25, -0.2) is 4.39 Å². The standard InChI is InChI=1S/C19H24FN5OS/c1-23(12-14-5-4-6-15(20)11-14)17(26)13-27-19-22-21-18(24-9-2-3-10-24)25(19)16-7-8-16/h4-6,11,16H,2-3,7-10,12-13H2,1H3. The molecule has 1 amide bonds. The Morgan fingerprint density at radius 3 is 2.78 bits per heavy atom. The van der Waals surface area contributed by atoms with Crippen molar-refractivity contribution >= 4 is 23.6 Å². The number of rotatable bonds is 7. The number of halogens is 1. The summed E-state index contributed by atoms with van der Waals surface area (Å²) in [6.45, 7) is 2.46. The van der Waals surface area contributed by atoms with Crippen LogP contribution in [-0.2, 0) is 11.3 Å². The monoisotopic (exact) mass is 389 g/mol. The van der Waals surface area contributed by atoms with E-state index in [1.807, 2.05) is 6.07 Å². The lowest BCUT2D eigenvalue weighted by Crippen LogP contribution is -2.28. The third-order valence-electron chi connectivity index (χ3n) is 5.01. The molecule has 1 saturated carbocycles. The van der Waals surface area contributed by atoms with E-state index >= 15 is 0 Å². The van der Waals surface area contributed by atoms with E-state index in [1.54, 1.807) is 18.0 Å². The SMILES string of the molecule is CN(Cc1cccc(F)c1)C(=O)CSc1nnc(N2CCCC2)n1C1CC1. The number of anilines is 1. The van der Waals surface area contributed by atoms with E-state index in [9.17, 15) is 9.18 Å². The highest BCUT2D eigenvalue weighted by Crippen LogP contribution is 2.41. The molecule has 1 saturated heterocycles. The van der Waals surface area contributed by atoms with E-state index in [0.717, 1.165) is 42.6 Å². The summed E-state index contributed by atoms with van der Waals surface area (Å²) in [5.74, 6) is 0.974. The summed E-state index contributed by atoms with van der Waals surface area (Å²) in [6.07, 6.45) is 4.70. The Balaban J connectivity index is 1.38. The van der Waals surface area contributed by atoms with Gasteiger partial charge in [-0.15, -0.1) is 10.2 Å². The van der Waals surface area contributed by atoms with Gasteiger partial charge in [0.1, 0.15) is 5.82 Å². The van der Waals surface area contributed by atoms with Gasteiger partial charge in [-0.1, -0.05) is 23.9 Å². The fourth-order valence-corrected chi connectivity index (χ4v) is 4.33. The molecule has 2 aromatic rings. The second-order valence-corrected chi connectivity index (χ2v) is 8.19. The van der Waals surface area contributed by atoms with Crippen molar-refractivity contribution < 1.29 is 9.18 Å². The van der Waals surface area contributed by atoms with Crippen LogP contribution in [0.4, 0.5) is 10.3 Å². The van der Waals surface area contributed by atoms with Gasteiger partial charge in [0.25, 0.3) is 0 Å². The van der Waals surface area contributed by atoms with Crippen molar-refractivity contribution in [1.82, 2.24) is 19.7 Å². The molecule has 0 spiro atoms. The van der Waals surface area contributed by atoms with Gasteiger partial charge >= 0.3 is 0 Å². The first-order chi connectivity index (χ1) is 13.1. The third-order valence-corrected chi connectivity index (χ3v) is 5.93. The lowest BCUT2D eigenvalue weighted by atomic mass is 10.2. The predicted octanol–water partition coefficient (Wildman–Crippen LogP) is 3.10. The number of benzene rings is 1. The van der Waals surface area contributed by atoms with Crippen LogP contribution in [0.1, 0.15) is 37.3 Å². The van der Waals surface area contributed by atoms with Gasteiger partial charge in [-0.2, -0.15) is 0 Å². The normalized spacial score (nSPS) is 16.7.